The Morgan fingerprint density at radius 2 is 2.25 bits per heavy atom. The van der Waals surface area contributed by atoms with Gasteiger partial charge in [-0.15, -0.1) is 22.6 Å². The molecule has 0 aromatic carbocycles. The van der Waals surface area contributed by atoms with Crippen LogP contribution in [0, 0.1) is 6.92 Å². The van der Waals surface area contributed by atoms with E-state index < -0.39 is 0 Å². The van der Waals surface area contributed by atoms with Gasteiger partial charge in [-0.1, -0.05) is 11.6 Å². The number of halogens is 2. The van der Waals surface area contributed by atoms with Gasteiger partial charge in [-0.25, -0.2) is 0 Å². The predicted octanol–water partition coefficient (Wildman–Crippen LogP) is 1.51. The molecule has 0 aliphatic carbocycles. The SMILES string of the molecule is Cc1cc(Cl)nn2cnnc12.Cl. The molecule has 0 aliphatic rings. The number of aryl methyl sites for hydroxylation is 1. The highest BCUT2D eigenvalue weighted by atomic mass is 35.5. The Kier molecular flexibility index (Phi) is 2.49. The quantitative estimate of drug-likeness (QED) is 0.654. The van der Waals surface area contributed by atoms with Crippen molar-refractivity contribution in [3.8, 4) is 0 Å². The maximum atomic E-state index is 5.69. The van der Waals surface area contributed by atoms with E-state index in [1.807, 2.05) is 6.92 Å². The van der Waals surface area contributed by atoms with E-state index in [0.29, 0.717) is 5.15 Å². The fourth-order valence-electron chi connectivity index (χ4n) is 0.938. The monoisotopic (exact) mass is 204 g/mol. The zero-order chi connectivity index (χ0) is 7.84. The second-order valence-corrected chi connectivity index (χ2v) is 2.64. The molecule has 0 amide bonds. The Bertz CT molecular complexity index is 397. The lowest BCUT2D eigenvalue weighted by atomic mass is 10.3. The van der Waals surface area contributed by atoms with Crippen molar-refractivity contribution in [1.82, 2.24) is 19.8 Å². The van der Waals surface area contributed by atoms with Crippen LogP contribution in [0.1, 0.15) is 5.56 Å². The Morgan fingerprint density at radius 3 is 3.00 bits per heavy atom. The highest BCUT2D eigenvalue weighted by Gasteiger charge is 2.00. The van der Waals surface area contributed by atoms with Gasteiger partial charge in [0.25, 0.3) is 0 Å². The van der Waals surface area contributed by atoms with Gasteiger partial charge in [-0.3, -0.25) is 0 Å². The zero-order valence-corrected chi connectivity index (χ0v) is 7.80. The summed E-state index contributed by atoms with van der Waals surface area (Å²) in [7, 11) is 0. The van der Waals surface area contributed by atoms with Crippen molar-refractivity contribution in [2.75, 3.05) is 0 Å². The first-order valence-electron chi connectivity index (χ1n) is 3.10. The molecule has 0 unspecified atom stereocenters. The number of hydrogen-bond acceptors (Lipinski definition) is 3. The fraction of sp³-hybridized carbons (Fsp3) is 0.167. The molecule has 0 atom stereocenters. The number of nitrogens with zero attached hydrogens (tertiary/aromatic N) is 4. The molecule has 0 saturated heterocycles. The van der Waals surface area contributed by atoms with E-state index in [1.165, 1.54) is 6.33 Å². The van der Waals surface area contributed by atoms with Crippen LogP contribution in [0.15, 0.2) is 12.4 Å². The highest BCUT2D eigenvalue weighted by Crippen LogP contribution is 2.10. The maximum absolute atomic E-state index is 5.69. The average molecular weight is 205 g/mol. The third-order valence-electron chi connectivity index (χ3n) is 1.42. The molecule has 2 aromatic heterocycles. The van der Waals surface area contributed by atoms with Crippen molar-refractivity contribution in [3.05, 3.63) is 23.1 Å². The number of aromatic nitrogens is 4. The molecule has 2 aromatic rings. The normalized spacial score (nSPS) is 9.83. The van der Waals surface area contributed by atoms with Crippen LogP contribution in [0.2, 0.25) is 5.15 Å². The molecule has 0 bridgehead atoms. The van der Waals surface area contributed by atoms with E-state index in [2.05, 4.69) is 15.3 Å². The summed E-state index contributed by atoms with van der Waals surface area (Å²) in [6.07, 6.45) is 1.52. The van der Waals surface area contributed by atoms with E-state index in [9.17, 15) is 0 Å². The summed E-state index contributed by atoms with van der Waals surface area (Å²) >= 11 is 5.69. The van der Waals surface area contributed by atoms with E-state index in [1.54, 1.807) is 10.6 Å². The Balaban J connectivity index is 0.000000720. The Hall–Kier alpha value is -0.870. The lowest BCUT2D eigenvalue weighted by Crippen LogP contribution is -1.92. The summed E-state index contributed by atoms with van der Waals surface area (Å²) in [4.78, 5) is 0. The van der Waals surface area contributed by atoms with Gasteiger partial charge in [0.15, 0.2) is 5.65 Å². The molecule has 0 radical (unpaired) electrons. The molecule has 0 spiro atoms. The van der Waals surface area contributed by atoms with Crippen LogP contribution in [-0.2, 0) is 0 Å². The smallest absolute Gasteiger partial charge is 0.180 e. The molecule has 2 heterocycles. The third kappa shape index (κ3) is 1.35. The molecule has 0 saturated carbocycles. The van der Waals surface area contributed by atoms with Gasteiger partial charge in [0.1, 0.15) is 11.5 Å². The van der Waals surface area contributed by atoms with E-state index >= 15 is 0 Å². The molecule has 0 fully saturated rings. The number of rotatable bonds is 0. The molecular formula is C6H6Cl2N4. The van der Waals surface area contributed by atoms with Crippen molar-refractivity contribution in [1.29, 1.82) is 0 Å². The third-order valence-corrected chi connectivity index (χ3v) is 1.61. The van der Waals surface area contributed by atoms with Gasteiger partial charge in [-0.05, 0) is 18.6 Å². The summed E-state index contributed by atoms with van der Waals surface area (Å²) < 4.78 is 1.55. The van der Waals surface area contributed by atoms with Crippen LogP contribution in [-0.4, -0.2) is 19.8 Å². The van der Waals surface area contributed by atoms with Crippen LogP contribution < -0.4 is 0 Å². The first-order chi connectivity index (χ1) is 5.27. The number of fused-ring (bicyclic) bond motifs is 1. The topological polar surface area (TPSA) is 43.1 Å². The Labute approximate surface area is 80.0 Å². The Morgan fingerprint density at radius 1 is 1.50 bits per heavy atom. The van der Waals surface area contributed by atoms with Gasteiger partial charge < -0.3 is 0 Å². The first kappa shape index (κ1) is 9.22. The van der Waals surface area contributed by atoms with E-state index in [-0.39, 0.29) is 12.4 Å². The molecule has 12 heavy (non-hydrogen) atoms. The van der Waals surface area contributed by atoms with Crippen LogP contribution in [0.3, 0.4) is 0 Å². The summed E-state index contributed by atoms with van der Waals surface area (Å²) in [5.74, 6) is 0. The lowest BCUT2D eigenvalue weighted by Gasteiger charge is -1.94. The fourth-order valence-corrected chi connectivity index (χ4v) is 1.18. The van der Waals surface area contributed by atoms with Crippen molar-refractivity contribution in [3.63, 3.8) is 0 Å². The van der Waals surface area contributed by atoms with E-state index in [4.69, 9.17) is 11.6 Å². The zero-order valence-electron chi connectivity index (χ0n) is 6.23. The van der Waals surface area contributed by atoms with Gasteiger partial charge in [0.05, 0.1) is 0 Å². The summed E-state index contributed by atoms with van der Waals surface area (Å²) in [5, 5.41) is 12.0. The van der Waals surface area contributed by atoms with Gasteiger partial charge in [0, 0.05) is 0 Å². The van der Waals surface area contributed by atoms with Crippen LogP contribution in [0.4, 0.5) is 0 Å². The second kappa shape index (κ2) is 3.25. The minimum atomic E-state index is 0. The average Bonchev–Trinajstić information content (AvgIpc) is 2.34. The van der Waals surface area contributed by atoms with Crippen molar-refractivity contribution in [2.24, 2.45) is 0 Å². The molecule has 6 heteroatoms. The molecule has 0 N–H and O–H groups in total. The van der Waals surface area contributed by atoms with Crippen molar-refractivity contribution < 1.29 is 0 Å². The maximum Gasteiger partial charge on any atom is 0.180 e. The van der Waals surface area contributed by atoms with Gasteiger partial charge >= 0.3 is 0 Å². The van der Waals surface area contributed by atoms with Crippen LogP contribution in [0.5, 0.6) is 0 Å². The van der Waals surface area contributed by atoms with Crippen molar-refractivity contribution in [2.45, 2.75) is 6.92 Å². The molecule has 4 nitrogen and oxygen atoms in total. The standard InChI is InChI=1S/C6H5ClN4.ClH/c1-4-2-5(7)10-11-3-8-9-6(4)11;/h2-3H,1H3;1H. The predicted molar refractivity (Wildman–Crippen MR) is 47.8 cm³/mol. The number of hydrogen-bond donors (Lipinski definition) is 0. The minimum absolute atomic E-state index is 0. The molecule has 2 rings (SSSR count). The van der Waals surface area contributed by atoms with Crippen LogP contribution in [0.25, 0.3) is 5.65 Å². The summed E-state index contributed by atoms with van der Waals surface area (Å²) in [6.45, 7) is 1.91. The first-order valence-corrected chi connectivity index (χ1v) is 3.48. The lowest BCUT2D eigenvalue weighted by molar-refractivity contribution is 0.920. The second-order valence-electron chi connectivity index (χ2n) is 2.25. The summed E-state index contributed by atoms with van der Waals surface area (Å²) in [5.41, 5.74) is 1.72. The molecular weight excluding hydrogens is 199 g/mol. The minimum Gasteiger partial charge on any atom is -0.199 e. The highest BCUT2D eigenvalue weighted by molar-refractivity contribution is 6.29. The molecule has 64 valence electrons. The largest absolute Gasteiger partial charge is 0.199 e. The van der Waals surface area contributed by atoms with E-state index in [0.717, 1.165) is 11.2 Å². The van der Waals surface area contributed by atoms with Gasteiger partial charge in [0.2, 0.25) is 0 Å². The van der Waals surface area contributed by atoms with Crippen molar-refractivity contribution >= 4 is 29.7 Å². The molecule has 0 aliphatic heterocycles. The van der Waals surface area contributed by atoms with Crippen LogP contribution >= 0.6 is 24.0 Å². The summed E-state index contributed by atoms with van der Waals surface area (Å²) in [6, 6.07) is 1.76. The van der Waals surface area contributed by atoms with Gasteiger partial charge in [-0.2, -0.15) is 9.61 Å².